The Kier molecular flexibility index (Phi) is 6.25. The van der Waals surface area contributed by atoms with E-state index in [2.05, 4.69) is 21.5 Å². The first-order valence-corrected chi connectivity index (χ1v) is 9.01. The SMILES string of the molecule is C#Cc1cccc(NC(=O)CN(C)C(=O)c2nnn(-c3cccc(F)c3)c2C(F)(F)F)c1. The average molecular weight is 445 g/mol. The topological polar surface area (TPSA) is 80.1 Å². The Labute approximate surface area is 179 Å². The molecule has 0 aliphatic rings. The van der Waals surface area contributed by atoms with E-state index in [0.717, 1.165) is 24.1 Å². The Bertz CT molecular complexity index is 1210. The van der Waals surface area contributed by atoms with Gasteiger partial charge in [0.2, 0.25) is 5.91 Å². The number of likely N-dealkylation sites (N-methyl/N-ethyl adjacent to an activating group) is 1. The van der Waals surface area contributed by atoms with Gasteiger partial charge in [-0.15, -0.1) is 11.5 Å². The first kappa shape index (κ1) is 22.5. The molecule has 164 valence electrons. The fourth-order valence-corrected chi connectivity index (χ4v) is 2.82. The zero-order valence-electron chi connectivity index (χ0n) is 16.5. The Hall–Kier alpha value is -4.20. The Morgan fingerprint density at radius 1 is 1.19 bits per heavy atom. The summed E-state index contributed by atoms with van der Waals surface area (Å²) in [6.07, 6.45) is 0.265. The molecule has 2 aromatic carbocycles. The van der Waals surface area contributed by atoms with E-state index in [4.69, 9.17) is 6.42 Å². The monoisotopic (exact) mass is 445 g/mol. The summed E-state index contributed by atoms with van der Waals surface area (Å²) in [5.41, 5.74) is -1.90. The van der Waals surface area contributed by atoms with Gasteiger partial charge < -0.3 is 10.2 Å². The van der Waals surface area contributed by atoms with Crippen LogP contribution in [0.5, 0.6) is 0 Å². The second-order valence-electron chi connectivity index (χ2n) is 6.61. The van der Waals surface area contributed by atoms with E-state index in [-0.39, 0.29) is 5.69 Å². The summed E-state index contributed by atoms with van der Waals surface area (Å²) in [5, 5.41) is 9.23. The maximum absolute atomic E-state index is 13.7. The van der Waals surface area contributed by atoms with Crippen molar-refractivity contribution in [3.8, 4) is 18.0 Å². The number of benzene rings is 2. The Balaban J connectivity index is 1.83. The maximum atomic E-state index is 13.7. The van der Waals surface area contributed by atoms with E-state index in [0.29, 0.717) is 15.9 Å². The van der Waals surface area contributed by atoms with Gasteiger partial charge in [-0.25, -0.2) is 9.07 Å². The van der Waals surface area contributed by atoms with Crippen LogP contribution in [0, 0.1) is 18.2 Å². The van der Waals surface area contributed by atoms with Crippen LogP contribution in [0.3, 0.4) is 0 Å². The molecule has 0 radical (unpaired) electrons. The lowest BCUT2D eigenvalue weighted by Gasteiger charge is -2.17. The molecule has 1 heterocycles. The predicted molar refractivity (Wildman–Crippen MR) is 106 cm³/mol. The van der Waals surface area contributed by atoms with E-state index in [1.54, 1.807) is 18.2 Å². The van der Waals surface area contributed by atoms with Crippen molar-refractivity contribution in [3.05, 3.63) is 71.3 Å². The molecule has 3 aromatic rings. The zero-order chi connectivity index (χ0) is 23.5. The molecule has 0 unspecified atom stereocenters. The normalized spacial score (nSPS) is 11.0. The van der Waals surface area contributed by atoms with Gasteiger partial charge in [0, 0.05) is 18.3 Å². The van der Waals surface area contributed by atoms with Gasteiger partial charge in [-0.2, -0.15) is 13.2 Å². The molecule has 3 rings (SSSR count). The molecule has 7 nitrogen and oxygen atoms in total. The van der Waals surface area contributed by atoms with Crippen LogP contribution in [0.15, 0.2) is 48.5 Å². The van der Waals surface area contributed by atoms with Gasteiger partial charge >= 0.3 is 6.18 Å². The van der Waals surface area contributed by atoms with Crippen molar-refractivity contribution >= 4 is 17.5 Å². The Morgan fingerprint density at radius 2 is 1.91 bits per heavy atom. The number of rotatable bonds is 5. The molecule has 0 bridgehead atoms. The van der Waals surface area contributed by atoms with Crippen molar-refractivity contribution < 1.29 is 27.2 Å². The van der Waals surface area contributed by atoms with E-state index in [9.17, 15) is 27.2 Å². The predicted octanol–water partition coefficient (Wildman–Crippen LogP) is 3.12. The minimum Gasteiger partial charge on any atom is -0.331 e. The fourth-order valence-electron chi connectivity index (χ4n) is 2.82. The molecule has 0 aliphatic carbocycles. The van der Waals surface area contributed by atoms with Gasteiger partial charge in [-0.1, -0.05) is 23.3 Å². The fraction of sp³-hybridized carbons (Fsp3) is 0.143. The summed E-state index contributed by atoms with van der Waals surface area (Å²) in [6, 6.07) is 10.6. The van der Waals surface area contributed by atoms with Crippen LogP contribution in [-0.4, -0.2) is 45.3 Å². The third-order valence-corrected chi connectivity index (χ3v) is 4.23. The van der Waals surface area contributed by atoms with Crippen molar-refractivity contribution in [2.75, 3.05) is 18.9 Å². The number of nitrogens with zero attached hydrogens (tertiary/aromatic N) is 4. The Morgan fingerprint density at radius 3 is 2.56 bits per heavy atom. The van der Waals surface area contributed by atoms with Crippen LogP contribution in [-0.2, 0) is 11.0 Å². The molecule has 1 aromatic heterocycles. The lowest BCUT2D eigenvalue weighted by atomic mass is 10.2. The second-order valence-corrected chi connectivity index (χ2v) is 6.61. The van der Waals surface area contributed by atoms with Crippen molar-refractivity contribution in [3.63, 3.8) is 0 Å². The summed E-state index contributed by atoms with van der Waals surface area (Å²) >= 11 is 0. The van der Waals surface area contributed by atoms with Crippen molar-refractivity contribution in [1.82, 2.24) is 19.9 Å². The molecule has 1 N–H and O–H groups in total. The summed E-state index contributed by atoms with van der Waals surface area (Å²) in [6.45, 7) is -0.566. The molecule has 0 atom stereocenters. The quantitative estimate of drug-likeness (QED) is 0.484. The van der Waals surface area contributed by atoms with Gasteiger partial charge in [0.25, 0.3) is 5.91 Å². The summed E-state index contributed by atoms with van der Waals surface area (Å²) < 4.78 is 54.9. The van der Waals surface area contributed by atoms with Gasteiger partial charge in [-0.3, -0.25) is 9.59 Å². The van der Waals surface area contributed by atoms with Crippen LogP contribution in [0.25, 0.3) is 5.69 Å². The number of amides is 2. The number of aromatic nitrogens is 3. The highest BCUT2D eigenvalue weighted by Crippen LogP contribution is 2.33. The smallest absolute Gasteiger partial charge is 0.331 e. The van der Waals surface area contributed by atoms with Gasteiger partial charge in [0.1, 0.15) is 5.82 Å². The van der Waals surface area contributed by atoms with Crippen molar-refractivity contribution in [2.24, 2.45) is 0 Å². The largest absolute Gasteiger partial charge is 0.435 e. The van der Waals surface area contributed by atoms with E-state index in [1.165, 1.54) is 18.2 Å². The number of terminal acetylenes is 1. The highest BCUT2D eigenvalue weighted by atomic mass is 19.4. The van der Waals surface area contributed by atoms with E-state index >= 15 is 0 Å². The highest BCUT2D eigenvalue weighted by molar-refractivity contribution is 5.99. The first-order chi connectivity index (χ1) is 15.1. The third-order valence-electron chi connectivity index (χ3n) is 4.23. The molecular formula is C21H15F4N5O2. The minimum atomic E-state index is -5.03. The maximum Gasteiger partial charge on any atom is 0.435 e. The average Bonchev–Trinajstić information content (AvgIpc) is 3.19. The molecule has 11 heteroatoms. The minimum absolute atomic E-state index is 0.266. The first-order valence-electron chi connectivity index (χ1n) is 9.01. The van der Waals surface area contributed by atoms with Gasteiger partial charge in [0.15, 0.2) is 11.4 Å². The second kappa shape index (κ2) is 8.89. The molecule has 0 spiro atoms. The van der Waals surface area contributed by atoms with Crippen molar-refractivity contribution in [1.29, 1.82) is 0 Å². The molecule has 0 saturated heterocycles. The van der Waals surface area contributed by atoms with E-state index < -0.39 is 41.7 Å². The molecule has 0 aliphatic heterocycles. The number of hydrogen-bond donors (Lipinski definition) is 1. The van der Waals surface area contributed by atoms with Crippen LogP contribution < -0.4 is 5.32 Å². The molecule has 0 fully saturated rings. The zero-order valence-corrected chi connectivity index (χ0v) is 16.5. The lowest BCUT2D eigenvalue weighted by Crippen LogP contribution is -2.36. The van der Waals surface area contributed by atoms with Crippen LogP contribution >= 0.6 is 0 Å². The van der Waals surface area contributed by atoms with Crippen LogP contribution in [0.4, 0.5) is 23.2 Å². The summed E-state index contributed by atoms with van der Waals surface area (Å²) in [4.78, 5) is 25.6. The van der Waals surface area contributed by atoms with Gasteiger partial charge in [-0.05, 0) is 36.4 Å². The molecule has 0 saturated carbocycles. The highest BCUT2D eigenvalue weighted by Gasteiger charge is 2.42. The van der Waals surface area contributed by atoms with Crippen molar-refractivity contribution in [2.45, 2.75) is 6.18 Å². The van der Waals surface area contributed by atoms with E-state index in [1.807, 2.05) is 0 Å². The number of hydrogen-bond acceptors (Lipinski definition) is 4. The number of nitrogens with one attached hydrogen (secondary N) is 1. The van der Waals surface area contributed by atoms with Crippen LogP contribution in [0.1, 0.15) is 21.7 Å². The lowest BCUT2D eigenvalue weighted by molar-refractivity contribution is -0.143. The molecule has 32 heavy (non-hydrogen) atoms. The number of carbonyl (C=O) groups excluding carboxylic acids is 2. The molecule has 2 amide bonds. The summed E-state index contributed by atoms with van der Waals surface area (Å²) in [7, 11) is 1.14. The number of anilines is 1. The number of alkyl halides is 3. The number of halogens is 4. The van der Waals surface area contributed by atoms with Crippen LogP contribution in [0.2, 0.25) is 0 Å². The molecular weight excluding hydrogens is 430 g/mol. The van der Waals surface area contributed by atoms with Gasteiger partial charge in [0.05, 0.1) is 12.2 Å². The number of carbonyl (C=O) groups is 2. The standard InChI is InChI=1S/C21H15F4N5O2/c1-3-13-6-4-8-15(10-13)26-17(31)12-29(2)20(32)18-19(21(23,24)25)30(28-27-18)16-9-5-7-14(22)11-16/h1,4-11H,12H2,2H3,(H,26,31). The third kappa shape index (κ3) is 4.92. The summed E-state index contributed by atoms with van der Waals surface area (Å²) in [5.74, 6) is -0.246.